The lowest BCUT2D eigenvalue weighted by atomic mass is 10.1. The highest BCUT2D eigenvalue weighted by Gasteiger charge is 2.13. The molecule has 0 aliphatic carbocycles. The second-order valence-corrected chi connectivity index (χ2v) is 5.74. The first-order valence-electron chi connectivity index (χ1n) is 5.00. The summed E-state index contributed by atoms with van der Waals surface area (Å²) in [4.78, 5) is 6.38. The van der Waals surface area contributed by atoms with Gasteiger partial charge in [0.25, 0.3) is 0 Å². The van der Waals surface area contributed by atoms with E-state index in [4.69, 9.17) is 0 Å². The van der Waals surface area contributed by atoms with E-state index in [1.54, 1.807) is 17.5 Å². The fourth-order valence-corrected chi connectivity index (χ4v) is 3.01. The molecule has 16 heavy (non-hydrogen) atoms. The number of aliphatic hydroxyl groups is 1. The van der Waals surface area contributed by atoms with E-state index in [0.29, 0.717) is 6.42 Å². The predicted molar refractivity (Wildman–Crippen MR) is 69.7 cm³/mol. The standard InChI is InChI=1S/C12H12BrNOS/c1-8-10(13)7-12(16-8)11(15)6-9-4-2-3-5-14-9/h2-5,7,11,15H,6H2,1H3. The topological polar surface area (TPSA) is 33.1 Å². The Kier molecular flexibility index (Phi) is 3.74. The minimum atomic E-state index is -0.468. The zero-order valence-corrected chi connectivity index (χ0v) is 11.3. The molecule has 0 aromatic carbocycles. The third-order valence-corrected chi connectivity index (χ3v) is 4.57. The largest absolute Gasteiger partial charge is 0.387 e. The smallest absolute Gasteiger partial charge is 0.0937 e. The fraction of sp³-hybridized carbons (Fsp3) is 0.250. The molecule has 2 nitrogen and oxygen atoms in total. The van der Waals surface area contributed by atoms with Gasteiger partial charge in [-0.05, 0) is 41.1 Å². The van der Waals surface area contributed by atoms with Crippen molar-refractivity contribution < 1.29 is 5.11 Å². The highest BCUT2D eigenvalue weighted by molar-refractivity contribution is 9.10. The molecule has 0 spiro atoms. The molecule has 0 saturated heterocycles. The number of aliphatic hydroxyl groups excluding tert-OH is 1. The van der Waals surface area contributed by atoms with Gasteiger partial charge in [-0.3, -0.25) is 4.98 Å². The quantitative estimate of drug-likeness (QED) is 0.941. The van der Waals surface area contributed by atoms with Crippen LogP contribution in [0.25, 0.3) is 0 Å². The number of hydrogen-bond donors (Lipinski definition) is 1. The Morgan fingerprint density at radius 1 is 1.50 bits per heavy atom. The van der Waals surface area contributed by atoms with Crippen molar-refractivity contribution in [2.75, 3.05) is 0 Å². The van der Waals surface area contributed by atoms with Crippen LogP contribution >= 0.6 is 27.3 Å². The van der Waals surface area contributed by atoms with E-state index in [2.05, 4.69) is 20.9 Å². The van der Waals surface area contributed by atoms with Gasteiger partial charge < -0.3 is 5.11 Å². The van der Waals surface area contributed by atoms with Crippen molar-refractivity contribution in [3.8, 4) is 0 Å². The summed E-state index contributed by atoms with van der Waals surface area (Å²) in [6, 6.07) is 7.72. The van der Waals surface area contributed by atoms with Crippen LogP contribution in [0.3, 0.4) is 0 Å². The van der Waals surface area contributed by atoms with Crippen LogP contribution in [0, 0.1) is 6.92 Å². The van der Waals surface area contributed by atoms with Gasteiger partial charge in [0.1, 0.15) is 0 Å². The minimum Gasteiger partial charge on any atom is -0.387 e. The molecule has 0 fully saturated rings. The Morgan fingerprint density at radius 3 is 2.88 bits per heavy atom. The van der Waals surface area contributed by atoms with Crippen molar-refractivity contribution in [2.24, 2.45) is 0 Å². The van der Waals surface area contributed by atoms with Crippen LogP contribution in [0.4, 0.5) is 0 Å². The second-order valence-electron chi connectivity index (χ2n) is 3.59. The number of halogens is 1. The maximum atomic E-state index is 10.1. The number of rotatable bonds is 3. The Morgan fingerprint density at radius 2 is 2.31 bits per heavy atom. The van der Waals surface area contributed by atoms with Crippen LogP contribution < -0.4 is 0 Å². The summed E-state index contributed by atoms with van der Waals surface area (Å²) in [6.07, 6.45) is 1.84. The summed E-state index contributed by atoms with van der Waals surface area (Å²) in [5, 5.41) is 10.1. The zero-order valence-electron chi connectivity index (χ0n) is 8.85. The van der Waals surface area contributed by atoms with Gasteiger partial charge in [-0.25, -0.2) is 0 Å². The maximum Gasteiger partial charge on any atom is 0.0937 e. The number of nitrogens with zero attached hydrogens (tertiary/aromatic N) is 1. The van der Waals surface area contributed by atoms with Crippen LogP contribution in [-0.4, -0.2) is 10.1 Å². The van der Waals surface area contributed by atoms with Crippen LogP contribution in [0.5, 0.6) is 0 Å². The minimum absolute atomic E-state index is 0.468. The molecule has 2 rings (SSSR count). The van der Waals surface area contributed by atoms with Gasteiger partial charge in [0.05, 0.1) is 6.10 Å². The van der Waals surface area contributed by atoms with Crippen molar-refractivity contribution >= 4 is 27.3 Å². The molecule has 2 heterocycles. The summed E-state index contributed by atoms with van der Waals surface area (Å²) >= 11 is 5.07. The van der Waals surface area contributed by atoms with Crippen LogP contribution in [-0.2, 0) is 6.42 Å². The maximum absolute atomic E-state index is 10.1. The van der Waals surface area contributed by atoms with Gasteiger partial charge >= 0.3 is 0 Å². The number of thiophene rings is 1. The van der Waals surface area contributed by atoms with Crippen LogP contribution in [0.2, 0.25) is 0 Å². The molecule has 0 amide bonds. The molecule has 1 unspecified atom stereocenters. The monoisotopic (exact) mass is 297 g/mol. The fourth-order valence-electron chi connectivity index (χ4n) is 1.46. The molecule has 1 atom stereocenters. The summed E-state index contributed by atoms with van der Waals surface area (Å²) in [5.41, 5.74) is 0.914. The molecular formula is C12H12BrNOS. The third-order valence-electron chi connectivity index (χ3n) is 2.33. The van der Waals surface area contributed by atoms with Gasteiger partial charge in [0.2, 0.25) is 0 Å². The van der Waals surface area contributed by atoms with Crippen molar-refractivity contribution in [1.29, 1.82) is 0 Å². The van der Waals surface area contributed by atoms with Crippen molar-refractivity contribution in [1.82, 2.24) is 4.98 Å². The van der Waals surface area contributed by atoms with Crippen LogP contribution in [0.15, 0.2) is 34.9 Å². The number of aryl methyl sites for hydroxylation is 1. The van der Waals surface area contributed by atoms with E-state index in [0.717, 1.165) is 15.0 Å². The van der Waals surface area contributed by atoms with Gasteiger partial charge in [-0.2, -0.15) is 0 Å². The molecule has 1 N–H and O–H groups in total. The molecule has 84 valence electrons. The van der Waals surface area contributed by atoms with Crippen molar-refractivity contribution in [3.63, 3.8) is 0 Å². The second kappa shape index (κ2) is 5.08. The Balaban J connectivity index is 2.11. The molecule has 4 heteroatoms. The first kappa shape index (κ1) is 11.8. The first-order chi connectivity index (χ1) is 7.66. The SMILES string of the molecule is Cc1sc(C(O)Cc2ccccn2)cc1Br. The lowest BCUT2D eigenvalue weighted by Gasteiger charge is -2.07. The average molecular weight is 298 g/mol. The zero-order chi connectivity index (χ0) is 11.5. The summed E-state index contributed by atoms with van der Waals surface area (Å²) < 4.78 is 1.06. The predicted octanol–water partition coefficient (Wildman–Crippen LogP) is 3.49. The summed E-state index contributed by atoms with van der Waals surface area (Å²) in [5.74, 6) is 0. The molecular weight excluding hydrogens is 286 g/mol. The lowest BCUT2D eigenvalue weighted by Crippen LogP contribution is -2.00. The first-order valence-corrected chi connectivity index (χ1v) is 6.61. The van der Waals surface area contributed by atoms with E-state index in [-0.39, 0.29) is 0 Å². The van der Waals surface area contributed by atoms with E-state index in [1.807, 2.05) is 31.2 Å². The third kappa shape index (κ3) is 2.70. The summed E-state index contributed by atoms with van der Waals surface area (Å²) in [7, 11) is 0. The average Bonchev–Trinajstić information content (AvgIpc) is 2.61. The lowest BCUT2D eigenvalue weighted by molar-refractivity contribution is 0.181. The Bertz CT molecular complexity index is 450. The van der Waals surface area contributed by atoms with E-state index in [9.17, 15) is 5.11 Å². The van der Waals surface area contributed by atoms with Crippen LogP contribution in [0.1, 0.15) is 21.6 Å². The molecule has 0 saturated carbocycles. The van der Waals surface area contributed by atoms with Gasteiger partial charge in [-0.15, -0.1) is 11.3 Å². The van der Waals surface area contributed by atoms with Crippen molar-refractivity contribution in [2.45, 2.75) is 19.4 Å². The van der Waals surface area contributed by atoms with Gasteiger partial charge in [0, 0.05) is 32.5 Å². The Hall–Kier alpha value is -0.710. The normalized spacial score (nSPS) is 12.7. The Labute approximate surface area is 107 Å². The molecule has 0 radical (unpaired) electrons. The number of hydrogen-bond acceptors (Lipinski definition) is 3. The van der Waals surface area contributed by atoms with E-state index >= 15 is 0 Å². The van der Waals surface area contributed by atoms with Gasteiger partial charge in [-0.1, -0.05) is 6.07 Å². The summed E-state index contributed by atoms with van der Waals surface area (Å²) in [6.45, 7) is 2.03. The molecule has 0 aliphatic heterocycles. The highest BCUT2D eigenvalue weighted by Crippen LogP contribution is 2.31. The van der Waals surface area contributed by atoms with Gasteiger partial charge in [0.15, 0.2) is 0 Å². The molecule has 2 aromatic heterocycles. The van der Waals surface area contributed by atoms with E-state index in [1.165, 1.54) is 4.88 Å². The molecule has 0 bridgehead atoms. The molecule has 0 aliphatic rings. The van der Waals surface area contributed by atoms with Crippen molar-refractivity contribution in [3.05, 3.63) is 50.4 Å². The van der Waals surface area contributed by atoms with E-state index < -0.39 is 6.10 Å². The number of pyridine rings is 1. The number of aromatic nitrogens is 1. The molecule has 2 aromatic rings. The highest BCUT2D eigenvalue weighted by atomic mass is 79.9.